The average Bonchev–Trinajstić information content (AvgIpc) is 2.56. The maximum absolute atomic E-state index is 6.35. The summed E-state index contributed by atoms with van der Waals surface area (Å²) >= 11 is 0. The molecule has 1 aromatic carbocycles. The van der Waals surface area contributed by atoms with Crippen LogP contribution in [0.15, 0.2) is 30.3 Å². The summed E-state index contributed by atoms with van der Waals surface area (Å²) in [5.74, 6) is 0.476. The summed E-state index contributed by atoms with van der Waals surface area (Å²) in [5, 5.41) is 0. The number of ether oxygens (including phenoxy) is 1. The third-order valence-electron chi connectivity index (χ3n) is 4.31. The first-order valence-corrected chi connectivity index (χ1v) is 6.42. The molecule has 0 radical (unpaired) electrons. The standard InChI is InChI=1S/C15H23NO/c1-11(2)15(4)16(5)12(3)14(17-15)13-9-7-6-8-10-13/h6-12,14H,1-5H3/t12-,14+,15+/m0/s1. The van der Waals surface area contributed by atoms with Gasteiger partial charge in [-0.05, 0) is 32.4 Å². The Morgan fingerprint density at radius 1 is 1.24 bits per heavy atom. The first kappa shape index (κ1) is 12.6. The molecule has 1 aromatic rings. The second kappa shape index (κ2) is 4.43. The van der Waals surface area contributed by atoms with Crippen molar-refractivity contribution < 1.29 is 4.74 Å². The van der Waals surface area contributed by atoms with Gasteiger partial charge in [-0.3, -0.25) is 4.90 Å². The summed E-state index contributed by atoms with van der Waals surface area (Å²) in [5.41, 5.74) is 1.11. The third kappa shape index (κ3) is 2.00. The average molecular weight is 233 g/mol. The number of hydrogen-bond acceptors (Lipinski definition) is 2. The summed E-state index contributed by atoms with van der Waals surface area (Å²) in [6.45, 7) is 8.87. The molecule has 0 bridgehead atoms. The fraction of sp³-hybridized carbons (Fsp3) is 0.600. The molecule has 1 fully saturated rings. The van der Waals surface area contributed by atoms with Crippen LogP contribution in [0.4, 0.5) is 0 Å². The fourth-order valence-corrected chi connectivity index (χ4v) is 2.58. The smallest absolute Gasteiger partial charge is 0.122 e. The minimum absolute atomic E-state index is 0.167. The van der Waals surface area contributed by atoms with Gasteiger partial charge in [0.15, 0.2) is 0 Å². The minimum Gasteiger partial charge on any atom is -0.351 e. The maximum Gasteiger partial charge on any atom is 0.122 e. The topological polar surface area (TPSA) is 12.5 Å². The van der Waals surface area contributed by atoms with Gasteiger partial charge in [-0.1, -0.05) is 44.2 Å². The first-order chi connectivity index (χ1) is 7.97. The lowest BCUT2D eigenvalue weighted by Crippen LogP contribution is -2.46. The van der Waals surface area contributed by atoms with E-state index < -0.39 is 0 Å². The fourth-order valence-electron chi connectivity index (χ4n) is 2.58. The Hall–Kier alpha value is -0.860. The Bertz CT molecular complexity index is 376. The van der Waals surface area contributed by atoms with Gasteiger partial charge in [-0.15, -0.1) is 0 Å². The van der Waals surface area contributed by atoms with Gasteiger partial charge in [0.1, 0.15) is 11.8 Å². The molecular weight excluding hydrogens is 210 g/mol. The van der Waals surface area contributed by atoms with E-state index in [1.165, 1.54) is 5.56 Å². The Morgan fingerprint density at radius 2 is 1.82 bits per heavy atom. The Balaban J connectivity index is 2.29. The highest BCUT2D eigenvalue weighted by Crippen LogP contribution is 2.43. The number of hydrogen-bond donors (Lipinski definition) is 0. The van der Waals surface area contributed by atoms with Gasteiger partial charge in [0, 0.05) is 6.04 Å². The monoisotopic (exact) mass is 233 g/mol. The van der Waals surface area contributed by atoms with Gasteiger partial charge in [0.05, 0.1) is 0 Å². The van der Waals surface area contributed by atoms with Crippen molar-refractivity contribution in [1.82, 2.24) is 4.90 Å². The van der Waals surface area contributed by atoms with E-state index in [0.29, 0.717) is 12.0 Å². The Labute approximate surface area is 105 Å². The lowest BCUT2D eigenvalue weighted by Gasteiger charge is -2.36. The SMILES string of the molecule is CC(C)[C@@]1(C)O[C@@H](c2ccccc2)[C@H](C)N1C. The zero-order chi connectivity index (χ0) is 12.6. The van der Waals surface area contributed by atoms with Crippen molar-refractivity contribution >= 4 is 0 Å². The van der Waals surface area contributed by atoms with Crippen molar-refractivity contribution in [3.63, 3.8) is 0 Å². The summed E-state index contributed by atoms with van der Waals surface area (Å²) < 4.78 is 6.35. The number of rotatable bonds is 2. The van der Waals surface area contributed by atoms with Gasteiger partial charge in [-0.25, -0.2) is 0 Å². The first-order valence-electron chi connectivity index (χ1n) is 6.42. The van der Waals surface area contributed by atoms with Crippen molar-refractivity contribution in [3.8, 4) is 0 Å². The van der Waals surface area contributed by atoms with Crippen LogP contribution in [-0.2, 0) is 4.74 Å². The normalized spacial score (nSPS) is 34.5. The molecule has 2 rings (SSSR count). The van der Waals surface area contributed by atoms with Gasteiger partial charge < -0.3 is 4.74 Å². The summed E-state index contributed by atoms with van der Waals surface area (Å²) in [7, 11) is 2.16. The van der Waals surface area contributed by atoms with Crippen LogP contribution < -0.4 is 0 Å². The van der Waals surface area contributed by atoms with Gasteiger partial charge in [-0.2, -0.15) is 0 Å². The minimum atomic E-state index is -0.167. The third-order valence-corrected chi connectivity index (χ3v) is 4.31. The lowest BCUT2D eigenvalue weighted by atomic mass is 10.00. The molecule has 0 aliphatic carbocycles. The van der Waals surface area contributed by atoms with E-state index in [1.807, 2.05) is 0 Å². The van der Waals surface area contributed by atoms with Crippen LogP contribution in [-0.4, -0.2) is 23.7 Å². The van der Waals surface area contributed by atoms with E-state index in [-0.39, 0.29) is 11.8 Å². The maximum atomic E-state index is 6.35. The van der Waals surface area contributed by atoms with Crippen LogP contribution in [0.2, 0.25) is 0 Å². The predicted octanol–water partition coefficient (Wildman–Crippen LogP) is 3.45. The molecule has 3 atom stereocenters. The number of nitrogens with zero attached hydrogens (tertiary/aromatic N) is 1. The number of benzene rings is 1. The van der Waals surface area contributed by atoms with Crippen molar-refractivity contribution in [2.24, 2.45) is 5.92 Å². The van der Waals surface area contributed by atoms with Crippen LogP contribution in [0.3, 0.4) is 0 Å². The molecule has 17 heavy (non-hydrogen) atoms. The summed E-state index contributed by atoms with van der Waals surface area (Å²) in [6.07, 6.45) is 0.175. The van der Waals surface area contributed by atoms with Crippen molar-refractivity contribution in [1.29, 1.82) is 0 Å². The van der Waals surface area contributed by atoms with Gasteiger partial charge in [0.2, 0.25) is 0 Å². The second-order valence-electron chi connectivity index (χ2n) is 5.51. The van der Waals surface area contributed by atoms with Crippen molar-refractivity contribution in [2.45, 2.75) is 45.6 Å². The van der Waals surface area contributed by atoms with Crippen LogP contribution in [0.5, 0.6) is 0 Å². The molecule has 0 unspecified atom stereocenters. The lowest BCUT2D eigenvalue weighted by molar-refractivity contribution is -0.115. The summed E-state index contributed by atoms with van der Waals surface area (Å²) in [6, 6.07) is 10.9. The molecule has 2 heteroatoms. The molecule has 1 saturated heterocycles. The molecule has 0 saturated carbocycles. The molecule has 1 heterocycles. The van der Waals surface area contributed by atoms with E-state index in [9.17, 15) is 0 Å². The van der Waals surface area contributed by atoms with Crippen LogP contribution in [0.25, 0.3) is 0 Å². The molecule has 0 spiro atoms. The van der Waals surface area contributed by atoms with Crippen molar-refractivity contribution in [3.05, 3.63) is 35.9 Å². The zero-order valence-electron chi connectivity index (χ0n) is 11.5. The largest absolute Gasteiger partial charge is 0.351 e. The highest BCUT2D eigenvalue weighted by atomic mass is 16.5. The van der Waals surface area contributed by atoms with Crippen LogP contribution in [0.1, 0.15) is 39.4 Å². The quantitative estimate of drug-likeness (QED) is 0.775. The van der Waals surface area contributed by atoms with Crippen LogP contribution >= 0.6 is 0 Å². The molecule has 2 nitrogen and oxygen atoms in total. The number of likely N-dealkylation sites (N-methyl/N-ethyl adjacent to an activating group) is 1. The molecule has 0 N–H and O–H groups in total. The molecular formula is C15H23NO. The van der Waals surface area contributed by atoms with Crippen LogP contribution in [0, 0.1) is 5.92 Å². The Morgan fingerprint density at radius 3 is 2.29 bits per heavy atom. The molecule has 0 amide bonds. The predicted molar refractivity (Wildman–Crippen MR) is 70.7 cm³/mol. The molecule has 0 aromatic heterocycles. The van der Waals surface area contributed by atoms with E-state index in [2.05, 4.69) is 70.0 Å². The highest BCUT2D eigenvalue weighted by Gasteiger charge is 2.48. The van der Waals surface area contributed by atoms with E-state index in [1.54, 1.807) is 0 Å². The summed E-state index contributed by atoms with van der Waals surface area (Å²) in [4.78, 5) is 2.36. The highest BCUT2D eigenvalue weighted by molar-refractivity contribution is 5.20. The zero-order valence-corrected chi connectivity index (χ0v) is 11.5. The van der Waals surface area contributed by atoms with E-state index in [4.69, 9.17) is 4.74 Å². The van der Waals surface area contributed by atoms with Crippen molar-refractivity contribution in [2.75, 3.05) is 7.05 Å². The van der Waals surface area contributed by atoms with E-state index >= 15 is 0 Å². The van der Waals surface area contributed by atoms with Gasteiger partial charge in [0.25, 0.3) is 0 Å². The molecule has 1 aliphatic rings. The van der Waals surface area contributed by atoms with E-state index in [0.717, 1.165) is 0 Å². The second-order valence-corrected chi connectivity index (χ2v) is 5.51. The van der Waals surface area contributed by atoms with Gasteiger partial charge >= 0.3 is 0 Å². The Kier molecular flexibility index (Phi) is 3.28. The molecule has 94 valence electrons. The molecule has 1 aliphatic heterocycles.